The molecule has 106 valence electrons. The second-order valence-corrected chi connectivity index (χ2v) is 5.22. The molecule has 1 heterocycles. The van der Waals surface area contributed by atoms with Crippen molar-refractivity contribution in [2.45, 2.75) is 25.3 Å². The molecule has 1 aromatic carbocycles. The van der Waals surface area contributed by atoms with Crippen molar-refractivity contribution in [1.82, 2.24) is 10.6 Å². The van der Waals surface area contributed by atoms with Gasteiger partial charge in [0.1, 0.15) is 0 Å². The summed E-state index contributed by atoms with van der Waals surface area (Å²) in [5.41, 5.74) is 0.434. The van der Waals surface area contributed by atoms with E-state index >= 15 is 0 Å². The average molecular weight is 324 g/mol. The summed E-state index contributed by atoms with van der Waals surface area (Å²) in [4.78, 5) is 11.9. The normalized spacial score (nSPS) is 17.9. The van der Waals surface area contributed by atoms with Crippen molar-refractivity contribution in [2.75, 3.05) is 13.1 Å². The van der Waals surface area contributed by atoms with Crippen molar-refractivity contribution < 1.29 is 4.79 Å². The molecule has 1 aromatic rings. The van der Waals surface area contributed by atoms with Crippen LogP contribution in [0.2, 0.25) is 10.0 Å². The molecule has 1 atom stereocenters. The number of benzene rings is 1. The van der Waals surface area contributed by atoms with Crippen LogP contribution in [-0.2, 0) is 0 Å². The fraction of sp³-hybridized carbons (Fsp3) is 0.462. The van der Waals surface area contributed by atoms with E-state index in [4.69, 9.17) is 23.2 Å². The maximum atomic E-state index is 11.9. The highest BCUT2D eigenvalue weighted by Crippen LogP contribution is 2.25. The number of hydrogen-bond acceptors (Lipinski definition) is 2. The molecule has 0 aliphatic carbocycles. The van der Waals surface area contributed by atoms with Crippen molar-refractivity contribution >= 4 is 41.5 Å². The van der Waals surface area contributed by atoms with Crippen molar-refractivity contribution in [3.8, 4) is 0 Å². The number of amides is 1. The minimum Gasteiger partial charge on any atom is -0.352 e. The first-order valence-corrected chi connectivity index (χ1v) is 6.89. The van der Waals surface area contributed by atoms with E-state index in [0.29, 0.717) is 28.2 Å². The van der Waals surface area contributed by atoms with Gasteiger partial charge in [-0.05, 0) is 37.9 Å². The summed E-state index contributed by atoms with van der Waals surface area (Å²) < 4.78 is 0. The Morgan fingerprint density at radius 1 is 1.42 bits per heavy atom. The van der Waals surface area contributed by atoms with Crippen LogP contribution >= 0.6 is 35.6 Å². The zero-order valence-corrected chi connectivity index (χ0v) is 12.7. The van der Waals surface area contributed by atoms with Gasteiger partial charge in [0.2, 0.25) is 0 Å². The topological polar surface area (TPSA) is 41.1 Å². The van der Waals surface area contributed by atoms with E-state index in [-0.39, 0.29) is 18.3 Å². The number of halogens is 3. The van der Waals surface area contributed by atoms with E-state index < -0.39 is 0 Å². The lowest BCUT2D eigenvalue weighted by atomic mass is 10.1. The van der Waals surface area contributed by atoms with Gasteiger partial charge in [0.15, 0.2) is 0 Å². The second kappa shape index (κ2) is 7.95. The number of rotatable bonds is 4. The van der Waals surface area contributed by atoms with E-state index in [1.807, 2.05) is 0 Å². The SMILES string of the molecule is Cl.O=C(NCC[C@H]1CCCN1)c1cccc(Cl)c1Cl. The molecule has 0 bridgehead atoms. The quantitative estimate of drug-likeness (QED) is 0.893. The average Bonchev–Trinajstić information content (AvgIpc) is 2.85. The van der Waals surface area contributed by atoms with Crippen molar-refractivity contribution in [2.24, 2.45) is 0 Å². The molecule has 0 aromatic heterocycles. The van der Waals surface area contributed by atoms with Crippen molar-refractivity contribution in [1.29, 1.82) is 0 Å². The number of hydrogen-bond donors (Lipinski definition) is 2. The number of carbonyl (C=O) groups excluding carboxylic acids is 1. The maximum absolute atomic E-state index is 11.9. The first-order valence-electron chi connectivity index (χ1n) is 6.14. The fourth-order valence-corrected chi connectivity index (χ4v) is 2.52. The molecule has 1 amide bonds. The Morgan fingerprint density at radius 3 is 2.89 bits per heavy atom. The lowest BCUT2D eigenvalue weighted by molar-refractivity contribution is 0.0952. The first-order chi connectivity index (χ1) is 8.68. The molecule has 1 aliphatic rings. The van der Waals surface area contributed by atoms with Gasteiger partial charge in [-0.1, -0.05) is 29.3 Å². The minimum absolute atomic E-state index is 0. The van der Waals surface area contributed by atoms with Gasteiger partial charge in [0.05, 0.1) is 15.6 Å². The Kier molecular flexibility index (Phi) is 6.94. The molecule has 1 saturated heterocycles. The Hall–Kier alpha value is -0.480. The van der Waals surface area contributed by atoms with Gasteiger partial charge >= 0.3 is 0 Å². The Bertz CT molecular complexity index is 434. The van der Waals surface area contributed by atoms with Crippen LogP contribution in [0.3, 0.4) is 0 Å². The lowest BCUT2D eigenvalue weighted by Crippen LogP contribution is -2.30. The molecule has 0 radical (unpaired) electrons. The number of nitrogens with one attached hydrogen (secondary N) is 2. The highest BCUT2D eigenvalue weighted by Gasteiger charge is 2.15. The second-order valence-electron chi connectivity index (χ2n) is 4.44. The van der Waals surface area contributed by atoms with Crippen LogP contribution in [0.5, 0.6) is 0 Å². The van der Waals surface area contributed by atoms with Gasteiger partial charge in [-0.3, -0.25) is 4.79 Å². The molecule has 2 N–H and O–H groups in total. The van der Waals surface area contributed by atoms with E-state index in [9.17, 15) is 4.79 Å². The highest BCUT2D eigenvalue weighted by atomic mass is 35.5. The Morgan fingerprint density at radius 2 is 2.21 bits per heavy atom. The highest BCUT2D eigenvalue weighted by molar-refractivity contribution is 6.43. The largest absolute Gasteiger partial charge is 0.352 e. The zero-order chi connectivity index (χ0) is 13.0. The molecular weight excluding hydrogens is 307 g/mol. The molecule has 0 unspecified atom stereocenters. The van der Waals surface area contributed by atoms with E-state index in [2.05, 4.69) is 10.6 Å². The van der Waals surface area contributed by atoms with E-state index in [1.54, 1.807) is 18.2 Å². The van der Waals surface area contributed by atoms with Crippen LogP contribution < -0.4 is 10.6 Å². The maximum Gasteiger partial charge on any atom is 0.252 e. The van der Waals surface area contributed by atoms with Crippen LogP contribution in [0.1, 0.15) is 29.6 Å². The van der Waals surface area contributed by atoms with Crippen molar-refractivity contribution in [3.63, 3.8) is 0 Å². The van der Waals surface area contributed by atoms with Gasteiger partial charge in [-0.15, -0.1) is 12.4 Å². The van der Waals surface area contributed by atoms with Gasteiger partial charge in [-0.25, -0.2) is 0 Å². The van der Waals surface area contributed by atoms with Crippen LogP contribution in [0.15, 0.2) is 18.2 Å². The molecule has 3 nitrogen and oxygen atoms in total. The molecule has 0 spiro atoms. The summed E-state index contributed by atoms with van der Waals surface area (Å²) in [6, 6.07) is 5.60. The predicted molar refractivity (Wildman–Crippen MR) is 81.7 cm³/mol. The summed E-state index contributed by atoms with van der Waals surface area (Å²) >= 11 is 11.9. The molecule has 1 fully saturated rings. The lowest BCUT2D eigenvalue weighted by Gasteiger charge is -2.11. The molecule has 6 heteroatoms. The van der Waals surface area contributed by atoms with Crippen LogP contribution in [0, 0.1) is 0 Å². The standard InChI is InChI=1S/C13H16Cl2N2O.ClH/c14-11-5-1-4-10(12(11)15)13(18)17-8-6-9-3-2-7-16-9;/h1,4-5,9,16H,2-3,6-8H2,(H,17,18);1H/t9-;/m1./s1. The predicted octanol–water partition coefficient (Wildman–Crippen LogP) is 3.29. The van der Waals surface area contributed by atoms with Crippen LogP contribution in [0.4, 0.5) is 0 Å². The van der Waals surface area contributed by atoms with E-state index in [1.165, 1.54) is 12.8 Å². The summed E-state index contributed by atoms with van der Waals surface area (Å²) in [7, 11) is 0. The summed E-state index contributed by atoms with van der Waals surface area (Å²) in [5, 5.41) is 6.98. The summed E-state index contributed by atoms with van der Waals surface area (Å²) in [5.74, 6) is -0.166. The third-order valence-electron chi connectivity index (χ3n) is 3.14. The molecule has 1 aliphatic heterocycles. The first kappa shape index (κ1) is 16.6. The van der Waals surface area contributed by atoms with Crippen LogP contribution in [-0.4, -0.2) is 25.0 Å². The smallest absolute Gasteiger partial charge is 0.252 e. The Balaban J connectivity index is 0.00000180. The fourth-order valence-electron chi connectivity index (χ4n) is 2.14. The number of carbonyl (C=O) groups is 1. The summed E-state index contributed by atoms with van der Waals surface area (Å²) in [6.45, 7) is 1.73. The zero-order valence-electron chi connectivity index (χ0n) is 10.4. The molecule has 19 heavy (non-hydrogen) atoms. The third-order valence-corrected chi connectivity index (χ3v) is 3.96. The minimum atomic E-state index is -0.166. The third kappa shape index (κ3) is 4.53. The monoisotopic (exact) mass is 322 g/mol. The van der Waals surface area contributed by atoms with Gasteiger partial charge < -0.3 is 10.6 Å². The Labute approximate surface area is 129 Å². The molecule has 2 rings (SSSR count). The van der Waals surface area contributed by atoms with Gasteiger partial charge in [-0.2, -0.15) is 0 Å². The van der Waals surface area contributed by atoms with E-state index in [0.717, 1.165) is 13.0 Å². The molecular formula is C13H17Cl3N2O. The van der Waals surface area contributed by atoms with Crippen LogP contribution in [0.25, 0.3) is 0 Å². The van der Waals surface area contributed by atoms with Gasteiger partial charge in [0, 0.05) is 12.6 Å². The van der Waals surface area contributed by atoms with Gasteiger partial charge in [0.25, 0.3) is 5.91 Å². The summed E-state index contributed by atoms with van der Waals surface area (Å²) in [6.07, 6.45) is 3.36. The van der Waals surface area contributed by atoms with Crippen molar-refractivity contribution in [3.05, 3.63) is 33.8 Å². The molecule has 0 saturated carbocycles.